The summed E-state index contributed by atoms with van der Waals surface area (Å²) in [5.41, 5.74) is 0.748. The highest BCUT2D eigenvalue weighted by molar-refractivity contribution is 7.99. The first-order valence-corrected chi connectivity index (χ1v) is 6.81. The van der Waals surface area contributed by atoms with Gasteiger partial charge in [-0.05, 0) is 13.8 Å². The maximum atomic E-state index is 11.2. The van der Waals surface area contributed by atoms with Crippen molar-refractivity contribution in [2.24, 2.45) is 0 Å². The molecule has 0 radical (unpaired) electrons. The second kappa shape index (κ2) is 6.54. The minimum absolute atomic E-state index is 0.188. The molecule has 0 spiro atoms. The molecule has 0 aliphatic rings. The summed E-state index contributed by atoms with van der Waals surface area (Å²) in [6.45, 7) is 7.64. The molecule has 0 unspecified atom stereocenters. The molecule has 0 saturated carbocycles. The largest absolute Gasteiger partial charge is 0.478 e. The van der Waals surface area contributed by atoms with Gasteiger partial charge in [0.05, 0.1) is 5.69 Å². The third kappa shape index (κ3) is 3.57. The Morgan fingerprint density at radius 1 is 1.44 bits per heavy atom. The average Bonchev–Trinajstić information content (AvgIpc) is 2.27. The maximum Gasteiger partial charge on any atom is 0.340 e. The van der Waals surface area contributed by atoms with Crippen molar-refractivity contribution in [3.8, 4) is 0 Å². The van der Waals surface area contributed by atoms with Gasteiger partial charge in [0.1, 0.15) is 16.4 Å². The highest BCUT2D eigenvalue weighted by atomic mass is 32.2. The Labute approximate surface area is 112 Å². The summed E-state index contributed by atoms with van der Waals surface area (Å²) in [6, 6.07) is 0. The number of hydrogen-bond acceptors (Lipinski definition) is 4. The summed E-state index contributed by atoms with van der Waals surface area (Å²) >= 11 is 1.43. The second-order valence-corrected chi connectivity index (χ2v) is 5.20. The van der Waals surface area contributed by atoms with Crippen LogP contribution in [0.25, 0.3) is 0 Å². The van der Waals surface area contributed by atoms with Gasteiger partial charge < -0.3 is 5.11 Å². The van der Waals surface area contributed by atoms with Crippen LogP contribution in [-0.2, 0) is 0 Å². The molecule has 0 aromatic carbocycles. The number of carboxylic acid groups (broad SMARTS) is 1. The van der Waals surface area contributed by atoms with E-state index in [4.69, 9.17) is 0 Å². The summed E-state index contributed by atoms with van der Waals surface area (Å²) in [5, 5.41) is 9.77. The average molecular weight is 266 g/mol. The molecule has 18 heavy (non-hydrogen) atoms. The van der Waals surface area contributed by atoms with Gasteiger partial charge in [0.25, 0.3) is 0 Å². The zero-order chi connectivity index (χ0) is 13.7. The van der Waals surface area contributed by atoms with E-state index in [2.05, 4.69) is 9.97 Å². The Kier molecular flexibility index (Phi) is 5.34. The number of thioether (sulfide) groups is 1. The lowest BCUT2D eigenvalue weighted by molar-refractivity contribution is 0.0690. The Morgan fingerprint density at radius 2 is 2.11 bits per heavy atom. The fraction of sp³-hybridized carbons (Fsp3) is 0.462. The number of carbonyl (C=O) groups is 1. The molecular formula is C13H18N2O2S. The lowest BCUT2D eigenvalue weighted by Crippen LogP contribution is -2.10. The predicted octanol–water partition coefficient (Wildman–Crippen LogP) is 3.27. The molecule has 1 heterocycles. The van der Waals surface area contributed by atoms with Gasteiger partial charge in [-0.2, -0.15) is 0 Å². The lowest BCUT2D eigenvalue weighted by Gasteiger charge is -2.11. The maximum absolute atomic E-state index is 11.2. The monoisotopic (exact) mass is 266 g/mol. The lowest BCUT2D eigenvalue weighted by atomic mass is 10.2. The molecule has 0 saturated heterocycles. The zero-order valence-electron chi connectivity index (χ0n) is 11.1. The van der Waals surface area contributed by atoms with Crippen LogP contribution in [0.2, 0.25) is 0 Å². The fourth-order valence-electron chi connectivity index (χ4n) is 1.40. The highest BCUT2D eigenvalue weighted by Gasteiger charge is 2.18. The van der Waals surface area contributed by atoms with Gasteiger partial charge in [-0.1, -0.05) is 26.0 Å². The van der Waals surface area contributed by atoms with Crippen LogP contribution < -0.4 is 0 Å². The highest BCUT2D eigenvalue weighted by Crippen LogP contribution is 2.25. The Balaban J connectivity index is 3.20. The number of aromatic carboxylic acids is 1. The Morgan fingerprint density at radius 3 is 2.61 bits per heavy atom. The van der Waals surface area contributed by atoms with Crippen LogP contribution in [-0.4, -0.2) is 26.8 Å². The summed E-state index contributed by atoms with van der Waals surface area (Å²) in [5.74, 6) is 0.629. The molecular weight excluding hydrogens is 248 g/mol. The summed E-state index contributed by atoms with van der Waals surface area (Å²) in [7, 11) is 0. The number of nitrogens with zero attached hydrogens (tertiary/aromatic N) is 2. The van der Waals surface area contributed by atoms with Crippen molar-refractivity contribution >= 4 is 17.7 Å². The standard InChI is InChI=1S/C13H18N2O2S/c1-5-6-7-18-12-10(13(16)17)9(4)14-11(15-12)8(2)3/h5-6,8H,7H2,1-4H3,(H,16,17)/b6-5+. The number of aryl methyl sites for hydroxylation is 1. The third-order valence-corrected chi connectivity index (χ3v) is 3.28. The number of carboxylic acids is 1. The smallest absolute Gasteiger partial charge is 0.340 e. The molecule has 1 aromatic heterocycles. The minimum atomic E-state index is -0.967. The first-order valence-electron chi connectivity index (χ1n) is 5.83. The van der Waals surface area contributed by atoms with Crippen LogP contribution in [0.4, 0.5) is 0 Å². The van der Waals surface area contributed by atoms with E-state index < -0.39 is 5.97 Å². The Bertz CT molecular complexity index is 470. The zero-order valence-corrected chi connectivity index (χ0v) is 11.9. The van der Waals surface area contributed by atoms with Gasteiger partial charge in [-0.3, -0.25) is 0 Å². The van der Waals surface area contributed by atoms with Crippen LogP contribution in [0, 0.1) is 6.92 Å². The van der Waals surface area contributed by atoms with Gasteiger partial charge in [0.15, 0.2) is 0 Å². The molecule has 1 N–H and O–H groups in total. The summed E-state index contributed by atoms with van der Waals surface area (Å²) in [4.78, 5) is 19.9. The molecule has 4 nitrogen and oxygen atoms in total. The predicted molar refractivity (Wildman–Crippen MR) is 73.4 cm³/mol. The molecule has 0 atom stereocenters. The van der Waals surface area contributed by atoms with E-state index >= 15 is 0 Å². The van der Waals surface area contributed by atoms with E-state index in [1.54, 1.807) is 6.92 Å². The van der Waals surface area contributed by atoms with Gasteiger partial charge in [0.2, 0.25) is 0 Å². The van der Waals surface area contributed by atoms with Crippen molar-refractivity contribution in [2.75, 3.05) is 5.75 Å². The van der Waals surface area contributed by atoms with Crippen molar-refractivity contribution < 1.29 is 9.90 Å². The number of allylic oxidation sites excluding steroid dienone is 1. The van der Waals surface area contributed by atoms with Crippen molar-refractivity contribution in [3.63, 3.8) is 0 Å². The van der Waals surface area contributed by atoms with Crippen LogP contribution in [0.15, 0.2) is 17.2 Å². The summed E-state index contributed by atoms with van der Waals surface area (Å²) in [6.07, 6.45) is 3.91. The second-order valence-electron chi connectivity index (χ2n) is 4.19. The third-order valence-electron chi connectivity index (χ3n) is 2.36. The molecule has 0 amide bonds. The first-order chi connectivity index (χ1) is 8.47. The molecule has 1 rings (SSSR count). The van der Waals surface area contributed by atoms with E-state index in [1.807, 2.05) is 32.9 Å². The summed E-state index contributed by atoms with van der Waals surface area (Å²) < 4.78 is 0. The van der Waals surface area contributed by atoms with Gasteiger partial charge >= 0.3 is 5.97 Å². The first kappa shape index (κ1) is 14.7. The van der Waals surface area contributed by atoms with Crippen LogP contribution in [0.5, 0.6) is 0 Å². The molecule has 0 aliphatic carbocycles. The molecule has 1 aromatic rings. The normalized spacial score (nSPS) is 11.4. The molecule has 98 valence electrons. The topological polar surface area (TPSA) is 63.1 Å². The molecule has 0 fully saturated rings. The van der Waals surface area contributed by atoms with Crippen LogP contribution in [0.3, 0.4) is 0 Å². The van der Waals surface area contributed by atoms with E-state index in [1.165, 1.54) is 11.8 Å². The molecule has 0 bridgehead atoms. The number of hydrogen-bond donors (Lipinski definition) is 1. The van der Waals surface area contributed by atoms with Crippen molar-refractivity contribution in [1.29, 1.82) is 0 Å². The van der Waals surface area contributed by atoms with Crippen molar-refractivity contribution in [3.05, 3.63) is 29.2 Å². The Hall–Kier alpha value is -1.36. The molecule has 5 heteroatoms. The fourth-order valence-corrected chi connectivity index (χ4v) is 2.38. The minimum Gasteiger partial charge on any atom is -0.478 e. The quantitative estimate of drug-likeness (QED) is 0.503. The molecule has 0 aliphatic heterocycles. The SMILES string of the molecule is C/C=C/CSc1nc(C(C)C)nc(C)c1C(=O)O. The van der Waals surface area contributed by atoms with Crippen molar-refractivity contribution in [2.45, 2.75) is 38.6 Å². The number of aromatic nitrogens is 2. The van der Waals surface area contributed by atoms with E-state index in [-0.39, 0.29) is 11.5 Å². The van der Waals surface area contributed by atoms with Gasteiger partial charge in [0, 0.05) is 11.7 Å². The van der Waals surface area contributed by atoms with E-state index in [0.29, 0.717) is 22.3 Å². The number of rotatable bonds is 5. The van der Waals surface area contributed by atoms with Gasteiger partial charge in [-0.15, -0.1) is 11.8 Å². The van der Waals surface area contributed by atoms with Crippen LogP contribution in [0.1, 0.15) is 48.6 Å². The van der Waals surface area contributed by atoms with Gasteiger partial charge in [-0.25, -0.2) is 14.8 Å². The van der Waals surface area contributed by atoms with E-state index in [9.17, 15) is 9.90 Å². The van der Waals surface area contributed by atoms with Crippen molar-refractivity contribution in [1.82, 2.24) is 9.97 Å². The van der Waals surface area contributed by atoms with Crippen LogP contribution >= 0.6 is 11.8 Å². The van der Waals surface area contributed by atoms with E-state index in [0.717, 1.165) is 0 Å².